The van der Waals surface area contributed by atoms with Gasteiger partial charge in [-0.2, -0.15) is 5.10 Å². The molecular formula is C18H25N5O3. The van der Waals surface area contributed by atoms with Crippen LogP contribution in [-0.4, -0.2) is 34.5 Å². The molecule has 0 radical (unpaired) electrons. The van der Waals surface area contributed by atoms with E-state index in [0.29, 0.717) is 24.7 Å². The van der Waals surface area contributed by atoms with Gasteiger partial charge in [0.25, 0.3) is 0 Å². The highest BCUT2D eigenvalue weighted by atomic mass is 16.5. The van der Waals surface area contributed by atoms with Crippen LogP contribution in [0.1, 0.15) is 43.9 Å². The van der Waals surface area contributed by atoms with Gasteiger partial charge >= 0.3 is 6.03 Å². The maximum Gasteiger partial charge on any atom is 0.319 e. The molecule has 8 nitrogen and oxygen atoms in total. The molecule has 2 amide bonds. The number of carbonyl (C=O) groups is 1. The summed E-state index contributed by atoms with van der Waals surface area (Å²) in [7, 11) is 1.61. The van der Waals surface area contributed by atoms with Crippen molar-refractivity contribution in [3.8, 4) is 5.75 Å². The van der Waals surface area contributed by atoms with E-state index in [-0.39, 0.29) is 12.1 Å². The summed E-state index contributed by atoms with van der Waals surface area (Å²) in [5.74, 6) is 2.21. The van der Waals surface area contributed by atoms with E-state index in [0.717, 1.165) is 37.4 Å². The predicted octanol–water partition coefficient (Wildman–Crippen LogP) is 2.87. The van der Waals surface area contributed by atoms with Crippen molar-refractivity contribution in [2.24, 2.45) is 0 Å². The van der Waals surface area contributed by atoms with Crippen LogP contribution in [-0.2, 0) is 17.9 Å². The van der Waals surface area contributed by atoms with E-state index in [9.17, 15) is 4.79 Å². The van der Waals surface area contributed by atoms with Gasteiger partial charge in [0, 0.05) is 19.3 Å². The molecule has 1 aliphatic rings. The second-order valence-electron chi connectivity index (χ2n) is 6.21. The first kappa shape index (κ1) is 18.2. The normalized spacial score (nSPS) is 16.0. The second kappa shape index (κ2) is 8.66. The van der Waals surface area contributed by atoms with E-state index in [1.54, 1.807) is 7.11 Å². The minimum Gasteiger partial charge on any atom is -0.494 e. The Morgan fingerprint density at radius 1 is 1.35 bits per heavy atom. The molecule has 1 aromatic heterocycles. The van der Waals surface area contributed by atoms with Gasteiger partial charge in [-0.15, -0.1) is 0 Å². The SMILES string of the molecule is CCCOc1ccc(NC(=O)NC2CCCn3nc(COC)nc32)cc1. The number of urea groups is 1. The number of carbonyl (C=O) groups excluding carboxylic acids is 1. The Labute approximate surface area is 152 Å². The molecule has 0 spiro atoms. The number of ether oxygens (including phenoxy) is 2. The van der Waals surface area contributed by atoms with Crippen LogP contribution in [0.5, 0.6) is 5.75 Å². The molecule has 140 valence electrons. The van der Waals surface area contributed by atoms with Gasteiger partial charge in [-0.1, -0.05) is 6.92 Å². The summed E-state index contributed by atoms with van der Waals surface area (Å²) >= 11 is 0. The zero-order chi connectivity index (χ0) is 18.4. The fourth-order valence-corrected chi connectivity index (χ4v) is 2.91. The summed E-state index contributed by atoms with van der Waals surface area (Å²) in [6.45, 7) is 3.92. The zero-order valence-corrected chi connectivity index (χ0v) is 15.2. The highest BCUT2D eigenvalue weighted by Gasteiger charge is 2.25. The van der Waals surface area contributed by atoms with Gasteiger partial charge in [0.15, 0.2) is 5.82 Å². The van der Waals surface area contributed by atoms with Crippen LogP contribution in [0.2, 0.25) is 0 Å². The Balaban J connectivity index is 1.58. The third-order valence-electron chi connectivity index (χ3n) is 4.08. The smallest absolute Gasteiger partial charge is 0.319 e. The Hall–Kier alpha value is -2.61. The zero-order valence-electron chi connectivity index (χ0n) is 15.2. The van der Waals surface area contributed by atoms with Crippen molar-refractivity contribution in [3.05, 3.63) is 35.9 Å². The van der Waals surface area contributed by atoms with E-state index in [1.165, 1.54) is 0 Å². The molecule has 0 aliphatic carbocycles. The number of hydrogen-bond donors (Lipinski definition) is 2. The number of aromatic nitrogens is 3. The van der Waals surface area contributed by atoms with Gasteiger partial charge in [0.05, 0.1) is 12.6 Å². The summed E-state index contributed by atoms with van der Waals surface area (Å²) in [5, 5.41) is 10.2. The maximum absolute atomic E-state index is 12.3. The van der Waals surface area contributed by atoms with Crippen LogP contribution >= 0.6 is 0 Å². The number of benzene rings is 1. The minimum absolute atomic E-state index is 0.158. The lowest BCUT2D eigenvalue weighted by Gasteiger charge is -2.23. The maximum atomic E-state index is 12.3. The van der Waals surface area contributed by atoms with Crippen molar-refractivity contribution < 1.29 is 14.3 Å². The molecule has 1 aliphatic heterocycles. The largest absolute Gasteiger partial charge is 0.494 e. The number of amides is 2. The molecule has 1 atom stereocenters. The summed E-state index contributed by atoms with van der Waals surface area (Å²) in [5.41, 5.74) is 0.712. The molecule has 8 heteroatoms. The van der Waals surface area contributed by atoms with Crippen molar-refractivity contribution in [2.75, 3.05) is 19.0 Å². The number of nitrogens with one attached hydrogen (secondary N) is 2. The van der Waals surface area contributed by atoms with E-state index in [1.807, 2.05) is 28.9 Å². The number of aryl methyl sites for hydroxylation is 1. The number of hydrogen-bond acceptors (Lipinski definition) is 5. The van der Waals surface area contributed by atoms with Crippen LogP contribution in [0, 0.1) is 0 Å². The monoisotopic (exact) mass is 359 g/mol. The van der Waals surface area contributed by atoms with Crippen LogP contribution in [0.3, 0.4) is 0 Å². The third kappa shape index (κ3) is 4.51. The third-order valence-corrected chi connectivity index (χ3v) is 4.08. The van der Waals surface area contributed by atoms with E-state index in [2.05, 4.69) is 27.6 Å². The van der Waals surface area contributed by atoms with Crippen LogP contribution in [0.4, 0.5) is 10.5 Å². The molecule has 0 bridgehead atoms. The highest BCUT2D eigenvalue weighted by molar-refractivity contribution is 5.89. The standard InChI is InChI=1S/C18H25N5O3/c1-3-11-26-14-8-6-13(7-9-14)19-18(24)20-15-5-4-10-23-17(15)21-16(22-23)12-25-2/h6-9,15H,3-5,10-12H2,1-2H3,(H2,19,20,24). The van der Waals surface area contributed by atoms with Gasteiger partial charge in [-0.25, -0.2) is 14.5 Å². The van der Waals surface area contributed by atoms with Crippen molar-refractivity contribution in [1.82, 2.24) is 20.1 Å². The quantitative estimate of drug-likeness (QED) is 0.793. The van der Waals surface area contributed by atoms with E-state index < -0.39 is 0 Å². The topological polar surface area (TPSA) is 90.3 Å². The van der Waals surface area contributed by atoms with Crippen molar-refractivity contribution in [1.29, 1.82) is 0 Å². The lowest BCUT2D eigenvalue weighted by atomic mass is 10.1. The van der Waals surface area contributed by atoms with Crippen molar-refractivity contribution in [3.63, 3.8) is 0 Å². The first-order chi connectivity index (χ1) is 12.7. The number of anilines is 1. The summed E-state index contributed by atoms with van der Waals surface area (Å²) in [6.07, 6.45) is 2.74. The second-order valence-corrected chi connectivity index (χ2v) is 6.21. The van der Waals surface area contributed by atoms with Crippen LogP contribution < -0.4 is 15.4 Å². The van der Waals surface area contributed by atoms with E-state index >= 15 is 0 Å². The molecule has 3 rings (SSSR count). The molecule has 0 fully saturated rings. The van der Waals surface area contributed by atoms with Gasteiger partial charge in [-0.05, 0) is 43.5 Å². The Morgan fingerprint density at radius 2 is 2.15 bits per heavy atom. The molecule has 0 saturated carbocycles. The van der Waals surface area contributed by atoms with Crippen molar-refractivity contribution >= 4 is 11.7 Å². The van der Waals surface area contributed by atoms with Crippen LogP contribution in [0.25, 0.3) is 0 Å². The molecular weight excluding hydrogens is 334 g/mol. The molecule has 26 heavy (non-hydrogen) atoms. The predicted molar refractivity (Wildman–Crippen MR) is 97.1 cm³/mol. The number of rotatable bonds is 7. The Kier molecular flexibility index (Phi) is 6.06. The highest BCUT2D eigenvalue weighted by Crippen LogP contribution is 2.23. The summed E-state index contributed by atoms with van der Waals surface area (Å²) < 4.78 is 12.5. The first-order valence-electron chi connectivity index (χ1n) is 8.92. The van der Waals surface area contributed by atoms with Gasteiger partial charge < -0.3 is 20.1 Å². The average Bonchev–Trinajstić information content (AvgIpc) is 3.05. The molecule has 1 aromatic carbocycles. The number of methoxy groups -OCH3 is 1. The summed E-state index contributed by atoms with van der Waals surface area (Å²) in [6, 6.07) is 6.92. The van der Waals surface area contributed by atoms with Gasteiger partial charge in [0.2, 0.25) is 0 Å². The first-order valence-corrected chi connectivity index (χ1v) is 8.92. The number of fused-ring (bicyclic) bond motifs is 1. The number of nitrogens with zero attached hydrogens (tertiary/aromatic N) is 3. The van der Waals surface area contributed by atoms with Crippen molar-refractivity contribution in [2.45, 2.75) is 45.4 Å². The summed E-state index contributed by atoms with van der Waals surface area (Å²) in [4.78, 5) is 16.8. The fourth-order valence-electron chi connectivity index (χ4n) is 2.91. The minimum atomic E-state index is -0.262. The Bertz CT molecular complexity index is 729. The average molecular weight is 359 g/mol. The van der Waals surface area contributed by atoms with Gasteiger partial charge in [0.1, 0.15) is 18.2 Å². The molecule has 2 heterocycles. The van der Waals surface area contributed by atoms with Crippen LogP contribution in [0.15, 0.2) is 24.3 Å². The lowest BCUT2D eigenvalue weighted by Crippen LogP contribution is -2.36. The fraction of sp³-hybridized carbons (Fsp3) is 0.500. The molecule has 1 unspecified atom stereocenters. The Morgan fingerprint density at radius 3 is 2.88 bits per heavy atom. The van der Waals surface area contributed by atoms with E-state index in [4.69, 9.17) is 9.47 Å². The van der Waals surface area contributed by atoms with Gasteiger partial charge in [-0.3, -0.25) is 0 Å². The molecule has 2 N–H and O–H groups in total. The molecule has 0 saturated heterocycles. The lowest BCUT2D eigenvalue weighted by molar-refractivity contribution is 0.177. The molecule has 2 aromatic rings.